The van der Waals surface area contributed by atoms with Gasteiger partial charge in [0.25, 0.3) is 0 Å². The second-order valence-corrected chi connectivity index (χ2v) is 9.64. The molecule has 38 heavy (non-hydrogen) atoms. The van der Waals surface area contributed by atoms with Gasteiger partial charge < -0.3 is 24.6 Å². The molecule has 0 saturated carbocycles. The number of ether oxygens (including phenoxy) is 3. The van der Waals surface area contributed by atoms with E-state index in [0.29, 0.717) is 36.0 Å². The summed E-state index contributed by atoms with van der Waals surface area (Å²) in [5.41, 5.74) is 0.725. The lowest BCUT2D eigenvalue weighted by Crippen LogP contribution is -2.38. The minimum absolute atomic E-state index is 0.0261. The van der Waals surface area contributed by atoms with Crippen molar-refractivity contribution in [2.75, 3.05) is 20.3 Å². The van der Waals surface area contributed by atoms with Crippen LogP contribution in [0.1, 0.15) is 58.8 Å². The largest absolute Gasteiger partial charge is 0.480 e. The van der Waals surface area contributed by atoms with Crippen LogP contribution in [0.25, 0.3) is 22.2 Å². The number of aromatic nitrogens is 3. The minimum atomic E-state index is -1.30. The van der Waals surface area contributed by atoms with Crippen molar-refractivity contribution in [2.45, 2.75) is 58.6 Å². The summed E-state index contributed by atoms with van der Waals surface area (Å²) in [7, 11) is 1.47. The third kappa shape index (κ3) is 7.51. The Balaban J connectivity index is 1.96. The summed E-state index contributed by atoms with van der Waals surface area (Å²) in [4.78, 5) is 45.5. The van der Waals surface area contributed by atoms with Crippen LogP contribution in [0.3, 0.4) is 0 Å². The van der Waals surface area contributed by atoms with Crippen LogP contribution in [-0.4, -0.2) is 63.5 Å². The Hall–Kier alpha value is -3.99. The predicted octanol–water partition coefficient (Wildman–Crippen LogP) is 4.97. The second kappa shape index (κ2) is 12.5. The highest BCUT2D eigenvalue weighted by atomic mass is 16.6. The number of fused-ring (bicyclic) bond motifs is 1. The molecule has 2 aromatic heterocycles. The SMILES string of the molecule is CCC(=O)CCCOC[C@H](NC(=O)OC(C)(C)C)c1nc(-c2cc3ccccc3nc2OC)cn1C(=O)O. The van der Waals surface area contributed by atoms with Crippen molar-refractivity contribution < 1.29 is 33.7 Å². The molecule has 0 aliphatic carbocycles. The maximum Gasteiger partial charge on any atom is 0.417 e. The third-order valence-corrected chi connectivity index (χ3v) is 5.52. The van der Waals surface area contributed by atoms with E-state index < -0.39 is 23.8 Å². The van der Waals surface area contributed by atoms with Crippen LogP contribution in [0, 0.1) is 0 Å². The number of ketones is 1. The molecule has 11 nitrogen and oxygen atoms in total. The van der Waals surface area contributed by atoms with E-state index in [4.69, 9.17) is 14.2 Å². The number of para-hydroxylation sites is 1. The lowest BCUT2D eigenvalue weighted by molar-refractivity contribution is -0.119. The molecule has 1 amide bonds. The Bertz CT molecular complexity index is 1300. The Kier molecular flexibility index (Phi) is 9.40. The number of methoxy groups -OCH3 is 1. The van der Waals surface area contributed by atoms with E-state index in [9.17, 15) is 19.5 Å². The van der Waals surface area contributed by atoms with Crippen molar-refractivity contribution in [3.8, 4) is 17.1 Å². The molecule has 0 spiro atoms. The molecule has 11 heteroatoms. The van der Waals surface area contributed by atoms with Gasteiger partial charge in [-0.1, -0.05) is 25.1 Å². The van der Waals surface area contributed by atoms with Crippen molar-refractivity contribution in [3.63, 3.8) is 0 Å². The Morgan fingerprint density at radius 1 is 1.16 bits per heavy atom. The van der Waals surface area contributed by atoms with Gasteiger partial charge in [0.15, 0.2) is 0 Å². The normalized spacial score (nSPS) is 12.2. The number of benzene rings is 1. The molecule has 1 atom stereocenters. The molecule has 2 heterocycles. The standard InChI is InChI=1S/C27H34N4O7/c1-6-18(32)11-9-13-37-16-22(30-25(33)38-27(2,3)4)23-28-21(15-31(23)26(34)35)19-14-17-10-7-8-12-20(17)29-24(19)36-5/h7-8,10,12,14-15,22H,6,9,11,13,16H2,1-5H3,(H,30,33)(H,34,35)/t22-/m0/s1. The number of carbonyl (C=O) groups excluding carboxylic acids is 2. The topological polar surface area (TPSA) is 142 Å². The van der Waals surface area contributed by atoms with Crippen molar-refractivity contribution >= 4 is 28.9 Å². The number of nitrogens with one attached hydrogen (secondary N) is 1. The molecule has 0 saturated heterocycles. The number of carbonyl (C=O) groups is 3. The fourth-order valence-electron chi connectivity index (χ4n) is 3.74. The number of imidazole rings is 1. The first-order valence-electron chi connectivity index (χ1n) is 12.4. The van der Waals surface area contributed by atoms with Crippen LogP contribution >= 0.6 is 0 Å². The number of amides is 1. The van der Waals surface area contributed by atoms with E-state index in [2.05, 4.69) is 15.3 Å². The number of rotatable bonds is 11. The lowest BCUT2D eigenvalue weighted by Gasteiger charge is -2.23. The van der Waals surface area contributed by atoms with Gasteiger partial charge in [-0.05, 0) is 39.3 Å². The van der Waals surface area contributed by atoms with Crippen LogP contribution in [0.4, 0.5) is 9.59 Å². The van der Waals surface area contributed by atoms with Crippen molar-refractivity contribution in [2.24, 2.45) is 0 Å². The van der Waals surface area contributed by atoms with Gasteiger partial charge in [0, 0.05) is 31.0 Å². The van der Waals surface area contributed by atoms with E-state index in [1.165, 1.54) is 13.3 Å². The number of nitrogens with zero attached hydrogens (tertiary/aromatic N) is 3. The maximum absolute atomic E-state index is 12.6. The molecule has 0 unspecified atom stereocenters. The summed E-state index contributed by atoms with van der Waals surface area (Å²) in [5, 5.41) is 13.4. The molecule has 0 fully saturated rings. The molecule has 0 bridgehead atoms. The third-order valence-electron chi connectivity index (χ3n) is 5.52. The number of alkyl carbamates (subject to hydrolysis) is 1. The first-order valence-corrected chi connectivity index (χ1v) is 12.4. The summed E-state index contributed by atoms with van der Waals surface area (Å²) in [6, 6.07) is 8.30. The zero-order valence-corrected chi connectivity index (χ0v) is 22.3. The molecular formula is C27H34N4O7. The highest BCUT2D eigenvalue weighted by molar-refractivity contribution is 5.86. The van der Waals surface area contributed by atoms with Gasteiger partial charge in [0.2, 0.25) is 5.88 Å². The zero-order valence-electron chi connectivity index (χ0n) is 22.3. The molecule has 0 radical (unpaired) electrons. The van der Waals surface area contributed by atoms with Crippen molar-refractivity contribution in [1.29, 1.82) is 0 Å². The average Bonchev–Trinajstić information content (AvgIpc) is 3.31. The summed E-state index contributed by atoms with van der Waals surface area (Å²) < 4.78 is 17.5. The Morgan fingerprint density at radius 2 is 1.89 bits per heavy atom. The molecule has 1 aromatic carbocycles. The van der Waals surface area contributed by atoms with Gasteiger partial charge in [-0.15, -0.1) is 0 Å². The number of hydrogen-bond acceptors (Lipinski definition) is 8. The van der Waals surface area contributed by atoms with Crippen LogP contribution in [0.2, 0.25) is 0 Å². The first-order chi connectivity index (χ1) is 18.0. The molecular weight excluding hydrogens is 492 g/mol. The van der Waals surface area contributed by atoms with E-state index in [1.54, 1.807) is 27.7 Å². The van der Waals surface area contributed by atoms with Crippen LogP contribution < -0.4 is 10.1 Å². The lowest BCUT2D eigenvalue weighted by atomic mass is 10.1. The molecule has 2 N–H and O–H groups in total. The smallest absolute Gasteiger partial charge is 0.417 e. The number of hydrogen-bond donors (Lipinski definition) is 2. The Labute approximate surface area is 221 Å². The molecule has 3 rings (SSSR count). The van der Waals surface area contributed by atoms with Crippen LogP contribution in [-0.2, 0) is 14.3 Å². The molecule has 3 aromatic rings. The first kappa shape index (κ1) is 28.6. The van der Waals surface area contributed by atoms with Crippen LogP contribution in [0.5, 0.6) is 5.88 Å². The van der Waals surface area contributed by atoms with Gasteiger partial charge in [0.1, 0.15) is 23.3 Å². The number of Topliss-reactive ketones (excluding diaryl/α,β-unsaturated/α-hetero) is 1. The molecule has 0 aliphatic heterocycles. The summed E-state index contributed by atoms with van der Waals surface area (Å²) in [5.74, 6) is 0.429. The quantitative estimate of drug-likeness (QED) is 0.331. The van der Waals surface area contributed by atoms with E-state index >= 15 is 0 Å². The summed E-state index contributed by atoms with van der Waals surface area (Å²) >= 11 is 0. The minimum Gasteiger partial charge on any atom is -0.480 e. The second-order valence-electron chi connectivity index (χ2n) is 9.64. The van der Waals surface area contributed by atoms with E-state index in [1.807, 2.05) is 30.3 Å². The zero-order chi connectivity index (χ0) is 27.9. The van der Waals surface area contributed by atoms with E-state index in [-0.39, 0.29) is 30.7 Å². The fourth-order valence-corrected chi connectivity index (χ4v) is 3.74. The summed E-state index contributed by atoms with van der Waals surface area (Å²) in [6.07, 6.45) is 0.632. The predicted molar refractivity (Wildman–Crippen MR) is 140 cm³/mol. The fraction of sp³-hybridized carbons (Fsp3) is 0.444. The number of carboxylic acid groups (broad SMARTS) is 1. The van der Waals surface area contributed by atoms with Crippen molar-refractivity contribution in [3.05, 3.63) is 42.4 Å². The van der Waals surface area contributed by atoms with Gasteiger partial charge in [-0.25, -0.2) is 24.1 Å². The average molecular weight is 527 g/mol. The summed E-state index contributed by atoms with van der Waals surface area (Å²) in [6.45, 7) is 7.12. The van der Waals surface area contributed by atoms with Gasteiger partial charge in [0.05, 0.1) is 30.5 Å². The monoisotopic (exact) mass is 526 g/mol. The van der Waals surface area contributed by atoms with E-state index in [0.717, 1.165) is 9.95 Å². The Morgan fingerprint density at radius 3 is 2.55 bits per heavy atom. The molecule has 204 valence electrons. The van der Waals surface area contributed by atoms with Crippen molar-refractivity contribution in [1.82, 2.24) is 19.9 Å². The van der Waals surface area contributed by atoms with Crippen LogP contribution in [0.15, 0.2) is 36.5 Å². The highest BCUT2D eigenvalue weighted by Gasteiger charge is 2.28. The molecule has 0 aliphatic rings. The van der Waals surface area contributed by atoms with Gasteiger partial charge >= 0.3 is 12.2 Å². The number of pyridine rings is 1. The van der Waals surface area contributed by atoms with Gasteiger partial charge in [-0.2, -0.15) is 0 Å². The maximum atomic E-state index is 12.6. The van der Waals surface area contributed by atoms with Gasteiger partial charge in [-0.3, -0.25) is 4.79 Å². The highest BCUT2D eigenvalue weighted by Crippen LogP contribution is 2.32.